The number of halogens is 1. The van der Waals surface area contributed by atoms with Gasteiger partial charge in [0, 0.05) is 12.1 Å². The minimum atomic E-state index is -0.707. The van der Waals surface area contributed by atoms with Crippen LogP contribution in [0.1, 0.15) is 15.9 Å². The molecule has 0 amide bonds. The zero-order valence-electron chi connectivity index (χ0n) is 13.8. The van der Waals surface area contributed by atoms with Gasteiger partial charge in [-0.2, -0.15) is 5.26 Å². The summed E-state index contributed by atoms with van der Waals surface area (Å²) >= 11 is 5.94. The SMILES string of the molecule is N#Cc1ccc(-c2ccc(OC(=O)c3ccc([N+](=O)[O-])cc3Cl)cc2)cc1. The van der Waals surface area contributed by atoms with Crippen molar-refractivity contribution in [2.45, 2.75) is 0 Å². The van der Waals surface area contributed by atoms with Crippen LogP contribution < -0.4 is 4.74 Å². The Kier molecular flexibility index (Phi) is 5.15. The summed E-state index contributed by atoms with van der Waals surface area (Å²) in [5, 5.41) is 19.5. The van der Waals surface area contributed by atoms with Crippen LogP contribution in [0.15, 0.2) is 66.7 Å². The highest BCUT2D eigenvalue weighted by Gasteiger charge is 2.16. The molecule has 0 aliphatic heterocycles. The Hall–Kier alpha value is -3.69. The maximum Gasteiger partial charge on any atom is 0.345 e. The maximum absolute atomic E-state index is 12.2. The van der Waals surface area contributed by atoms with E-state index in [1.807, 2.05) is 12.1 Å². The van der Waals surface area contributed by atoms with E-state index in [1.165, 1.54) is 12.1 Å². The van der Waals surface area contributed by atoms with Crippen molar-refractivity contribution in [2.24, 2.45) is 0 Å². The lowest BCUT2D eigenvalue weighted by atomic mass is 10.0. The lowest BCUT2D eigenvalue weighted by molar-refractivity contribution is -0.384. The Morgan fingerprint density at radius 1 is 1.00 bits per heavy atom. The predicted octanol–water partition coefficient (Wildman–Crippen LogP) is 5.01. The van der Waals surface area contributed by atoms with Crippen LogP contribution in [0.3, 0.4) is 0 Å². The van der Waals surface area contributed by atoms with Gasteiger partial charge in [-0.3, -0.25) is 10.1 Å². The smallest absolute Gasteiger partial charge is 0.345 e. The summed E-state index contributed by atoms with van der Waals surface area (Å²) in [6.45, 7) is 0. The van der Waals surface area contributed by atoms with Crippen LogP contribution in [-0.2, 0) is 0 Å². The Morgan fingerprint density at radius 2 is 1.59 bits per heavy atom. The molecule has 3 aromatic rings. The summed E-state index contributed by atoms with van der Waals surface area (Å²) in [4.78, 5) is 22.4. The van der Waals surface area contributed by atoms with Crippen LogP contribution in [0.5, 0.6) is 5.75 Å². The van der Waals surface area contributed by atoms with Gasteiger partial charge in [-0.25, -0.2) is 4.79 Å². The standard InChI is InChI=1S/C20H11ClN2O4/c21-19-11-16(23(25)26)7-10-18(19)20(24)27-17-8-5-15(6-9-17)14-3-1-13(12-22)2-4-14/h1-11H. The highest BCUT2D eigenvalue weighted by Crippen LogP contribution is 2.26. The molecule has 27 heavy (non-hydrogen) atoms. The maximum atomic E-state index is 12.2. The Balaban J connectivity index is 1.75. The van der Waals surface area contributed by atoms with E-state index >= 15 is 0 Å². The van der Waals surface area contributed by atoms with Crippen molar-refractivity contribution in [3.05, 3.63) is 93.0 Å². The van der Waals surface area contributed by atoms with Crippen LogP contribution in [-0.4, -0.2) is 10.9 Å². The van der Waals surface area contributed by atoms with Gasteiger partial charge in [0.25, 0.3) is 5.69 Å². The van der Waals surface area contributed by atoms with Gasteiger partial charge >= 0.3 is 5.97 Å². The Bertz CT molecular complexity index is 1050. The van der Waals surface area contributed by atoms with Gasteiger partial charge in [-0.15, -0.1) is 0 Å². The fourth-order valence-corrected chi connectivity index (χ4v) is 2.65. The summed E-state index contributed by atoms with van der Waals surface area (Å²) in [5.41, 5.74) is 2.23. The number of ether oxygens (including phenoxy) is 1. The highest BCUT2D eigenvalue weighted by molar-refractivity contribution is 6.33. The quantitative estimate of drug-likeness (QED) is 0.275. The third kappa shape index (κ3) is 4.11. The number of nitro groups is 1. The van der Waals surface area contributed by atoms with Gasteiger partial charge in [0.1, 0.15) is 5.75 Å². The van der Waals surface area contributed by atoms with E-state index in [9.17, 15) is 14.9 Å². The van der Waals surface area contributed by atoms with Crippen molar-refractivity contribution in [3.63, 3.8) is 0 Å². The molecule has 132 valence electrons. The molecule has 0 fully saturated rings. The van der Waals surface area contributed by atoms with E-state index < -0.39 is 10.9 Å². The van der Waals surface area contributed by atoms with Crippen molar-refractivity contribution in [3.8, 4) is 22.9 Å². The number of nitriles is 1. The lowest BCUT2D eigenvalue weighted by Gasteiger charge is -2.07. The van der Waals surface area contributed by atoms with Crippen molar-refractivity contribution in [2.75, 3.05) is 0 Å². The average Bonchev–Trinajstić information content (AvgIpc) is 2.68. The molecule has 0 heterocycles. The number of hydrogen-bond acceptors (Lipinski definition) is 5. The first-order valence-electron chi connectivity index (χ1n) is 7.74. The van der Waals surface area contributed by atoms with Crippen LogP contribution in [0.25, 0.3) is 11.1 Å². The van der Waals surface area contributed by atoms with Crippen molar-refractivity contribution in [1.29, 1.82) is 5.26 Å². The molecule has 0 saturated carbocycles. The third-order valence-corrected chi connectivity index (χ3v) is 4.11. The molecule has 3 rings (SSSR count). The van der Waals surface area contributed by atoms with E-state index in [1.54, 1.807) is 36.4 Å². The molecule has 3 aromatic carbocycles. The van der Waals surface area contributed by atoms with Gasteiger partial charge in [-0.1, -0.05) is 35.9 Å². The van der Waals surface area contributed by atoms with Crippen molar-refractivity contribution < 1.29 is 14.5 Å². The number of benzene rings is 3. The molecular weight excluding hydrogens is 368 g/mol. The number of rotatable bonds is 4. The fraction of sp³-hybridized carbons (Fsp3) is 0. The van der Waals surface area contributed by atoms with Crippen LogP contribution >= 0.6 is 11.6 Å². The molecule has 0 aliphatic carbocycles. The number of nitrogens with zero attached hydrogens (tertiary/aromatic N) is 2. The van der Waals surface area contributed by atoms with Crippen molar-refractivity contribution >= 4 is 23.3 Å². The Labute approximate surface area is 159 Å². The predicted molar refractivity (Wildman–Crippen MR) is 99.7 cm³/mol. The summed E-state index contributed by atoms with van der Waals surface area (Å²) in [6, 6.07) is 19.5. The van der Waals surface area contributed by atoms with Gasteiger partial charge in [0.05, 0.1) is 27.1 Å². The molecule has 0 N–H and O–H groups in total. The van der Waals surface area contributed by atoms with E-state index in [4.69, 9.17) is 21.6 Å². The molecule has 0 atom stereocenters. The molecule has 0 unspecified atom stereocenters. The molecule has 0 aliphatic rings. The topological polar surface area (TPSA) is 93.2 Å². The molecule has 0 aromatic heterocycles. The minimum absolute atomic E-state index is 0.0402. The van der Waals surface area contributed by atoms with Crippen LogP contribution in [0.2, 0.25) is 5.02 Å². The monoisotopic (exact) mass is 378 g/mol. The normalized spacial score (nSPS) is 10.1. The molecule has 0 bridgehead atoms. The highest BCUT2D eigenvalue weighted by atomic mass is 35.5. The van der Waals surface area contributed by atoms with Gasteiger partial charge in [0.15, 0.2) is 0 Å². The van der Waals surface area contributed by atoms with E-state index in [2.05, 4.69) is 6.07 Å². The second-order valence-electron chi connectivity index (χ2n) is 5.52. The van der Waals surface area contributed by atoms with E-state index in [0.717, 1.165) is 17.2 Å². The van der Waals surface area contributed by atoms with Crippen LogP contribution in [0, 0.1) is 21.4 Å². The number of non-ortho nitro benzene ring substituents is 1. The van der Waals surface area contributed by atoms with Gasteiger partial charge in [0.2, 0.25) is 0 Å². The van der Waals surface area contributed by atoms with Gasteiger partial charge in [-0.05, 0) is 41.5 Å². The summed E-state index contributed by atoms with van der Waals surface area (Å²) in [5.74, 6) is -0.396. The third-order valence-electron chi connectivity index (χ3n) is 3.80. The zero-order valence-corrected chi connectivity index (χ0v) is 14.5. The lowest BCUT2D eigenvalue weighted by Crippen LogP contribution is -2.09. The number of hydrogen-bond donors (Lipinski definition) is 0. The molecule has 6 nitrogen and oxygen atoms in total. The number of nitro benzene ring substituents is 1. The van der Waals surface area contributed by atoms with E-state index in [-0.39, 0.29) is 16.3 Å². The number of carbonyl (C=O) groups excluding carboxylic acids is 1. The fourth-order valence-electron chi connectivity index (χ4n) is 2.40. The molecular formula is C20H11ClN2O4. The number of esters is 1. The first kappa shape index (κ1) is 18.1. The van der Waals surface area contributed by atoms with Gasteiger partial charge < -0.3 is 4.74 Å². The summed E-state index contributed by atoms with van der Waals surface area (Å²) < 4.78 is 5.27. The van der Waals surface area contributed by atoms with Crippen molar-refractivity contribution in [1.82, 2.24) is 0 Å². The summed E-state index contributed by atoms with van der Waals surface area (Å²) in [7, 11) is 0. The molecule has 0 radical (unpaired) electrons. The summed E-state index contributed by atoms with van der Waals surface area (Å²) in [6.07, 6.45) is 0. The first-order chi connectivity index (χ1) is 13.0. The van der Waals surface area contributed by atoms with Crippen LogP contribution in [0.4, 0.5) is 5.69 Å². The zero-order chi connectivity index (χ0) is 19.4. The molecule has 7 heteroatoms. The molecule has 0 spiro atoms. The average molecular weight is 379 g/mol. The second-order valence-corrected chi connectivity index (χ2v) is 5.93. The minimum Gasteiger partial charge on any atom is -0.423 e. The van der Waals surface area contributed by atoms with E-state index in [0.29, 0.717) is 11.3 Å². The Morgan fingerprint density at radius 3 is 2.11 bits per heavy atom. The number of carbonyl (C=O) groups is 1. The molecule has 0 saturated heterocycles. The second kappa shape index (κ2) is 7.68. The largest absolute Gasteiger partial charge is 0.423 e. The first-order valence-corrected chi connectivity index (χ1v) is 8.12.